The van der Waals surface area contributed by atoms with E-state index in [-0.39, 0.29) is 12.3 Å². The second-order valence-corrected chi connectivity index (χ2v) is 6.46. The van der Waals surface area contributed by atoms with Crippen LogP contribution >= 0.6 is 15.9 Å². The highest BCUT2D eigenvalue weighted by Gasteiger charge is 2.15. The number of amides is 1. The van der Waals surface area contributed by atoms with Crippen molar-refractivity contribution in [1.29, 1.82) is 0 Å². The van der Waals surface area contributed by atoms with Gasteiger partial charge in [0.1, 0.15) is 0 Å². The number of halogens is 1. The van der Waals surface area contributed by atoms with Crippen LogP contribution in [0, 0.1) is 0 Å². The minimum Gasteiger partial charge on any atom is -0.465 e. The van der Waals surface area contributed by atoms with Crippen LogP contribution in [0.1, 0.15) is 15.9 Å². The van der Waals surface area contributed by atoms with Gasteiger partial charge in [-0.25, -0.2) is 4.79 Å². The summed E-state index contributed by atoms with van der Waals surface area (Å²) in [4.78, 5) is 24.4. The minimum atomic E-state index is -0.498. The summed E-state index contributed by atoms with van der Waals surface area (Å²) < 4.78 is 5.51. The summed E-state index contributed by atoms with van der Waals surface area (Å²) in [6.45, 7) is 0. The average molecular weight is 398 g/mol. The normalized spacial score (nSPS) is 10.5. The Kier molecular flexibility index (Phi) is 5.14. The SMILES string of the molecule is COC(=O)c1cc(Br)ccc1NC(=O)Cc1cccc2ccccc12. The lowest BCUT2D eigenvalue weighted by molar-refractivity contribution is -0.115. The number of benzene rings is 3. The van der Waals surface area contributed by atoms with Gasteiger partial charge in [0.05, 0.1) is 24.8 Å². The van der Waals surface area contributed by atoms with E-state index < -0.39 is 5.97 Å². The van der Waals surface area contributed by atoms with Gasteiger partial charge in [0.15, 0.2) is 0 Å². The Hall–Kier alpha value is -2.66. The van der Waals surface area contributed by atoms with Gasteiger partial charge in [0.25, 0.3) is 0 Å². The molecule has 0 aliphatic carbocycles. The summed E-state index contributed by atoms with van der Waals surface area (Å²) in [5, 5.41) is 4.94. The Labute approximate surface area is 153 Å². The van der Waals surface area contributed by atoms with Crippen LogP contribution in [0.5, 0.6) is 0 Å². The molecular weight excluding hydrogens is 382 g/mol. The van der Waals surface area contributed by atoms with Crippen molar-refractivity contribution in [3.05, 3.63) is 76.3 Å². The van der Waals surface area contributed by atoms with Gasteiger partial charge in [-0.1, -0.05) is 58.4 Å². The van der Waals surface area contributed by atoms with E-state index in [0.717, 1.165) is 20.8 Å². The van der Waals surface area contributed by atoms with Crippen LogP contribution < -0.4 is 5.32 Å². The molecule has 0 fully saturated rings. The fraction of sp³-hybridized carbons (Fsp3) is 0.100. The lowest BCUT2D eigenvalue weighted by Crippen LogP contribution is -2.17. The molecule has 3 aromatic rings. The van der Waals surface area contributed by atoms with Gasteiger partial charge in [-0.2, -0.15) is 0 Å². The number of esters is 1. The standard InChI is InChI=1S/C20H16BrNO3/c1-25-20(24)17-12-15(21)9-10-18(17)22-19(23)11-14-7-4-6-13-5-2-3-8-16(13)14/h2-10,12H,11H2,1H3,(H,22,23). The zero-order chi connectivity index (χ0) is 17.8. The number of carbonyl (C=O) groups excluding carboxylic acids is 2. The van der Waals surface area contributed by atoms with Crippen LogP contribution in [0.3, 0.4) is 0 Å². The number of ether oxygens (including phenoxy) is 1. The summed E-state index contributed by atoms with van der Waals surface area (Å²) in [7, 11) is 1.31. The number of methoxy groups -OCH3 is 1. The highest BCUT2D eigenvalue weighted by molar-refractivity contribution is 9.10. The topological polar surface area (TPSA) is 55.4 Å². The van der Waals surface area contributed by atoms with E-state index in [1.165, 1.54) is 7.11 Å². The third-order valence-corrected chi connectivity index (χ3v) is 4.39. The van der Waals surface area contributed by atoms with Crippen LogP contribution in [0.25, 0.3) is 10.8 Å². The van der Waals surface area contributed by atoms with Crippen molar-refractivity contribution < 1.29 is 14.3 Å². The van der Waals surface area contributed by atoms with E-state index in [0.29, 0.717) is 11.3 Å². The first-order chi connectivity index (χ1) is 12.1. The van der Waals surface area contributed by atoms with Crippen molar-refractivity contribution in [3.8, 4) is 0 Å². The molecule has 0 aliphatic heterocycles. The lowest BCUT2D eigenvalue weighted by atomic mass is 10.0. The molecule has 1 N–H and O–H groups in total. The predicted octanol–water partition coefficient (Wildman–Crippen LogP) is 4.57. The summed E-state index contributed by atoms with van der Waals surface area (Å²) in [6.07, 6.45) is 0.220. The van der Waals surface area contributed by atoms with Crippen molar-refractivity contribution in [2.24, 2.45) is 0 Å². The molecule has 25 heavy (non-hydrogen) atoms. The maximum Gasteiger partial charge on any atom is 0.340 e. The molecule has 0 radical (unpaired) electrons. The van der Waals surface area contributed by atoms with Crippen molar-refractivity contribution in [3.63, 3.8) is 0 Å². The van der Waals surface area contributed by atoms with Crippen molar-refractivity contribution in [1.82, 2.24) is 0 Å². The van der Waals surface area contributed by atoms with Gasteiger partial charge in [-0.05, 0) is 34.5 Å². The third kappa shape index (κ3) is 3.88. The predicted molar refractivity (Wildman–Crippen MR) is 102 cm³/mol. The summed E-state index contributed by atoms with van der Waals surface area (Å²) >= 11 is 3.32. The smallest absolute Gasteiger partial charge is 0.340 e. The lowest BCUT2D eigenvalue weighted by Gasteiger charge is -2.11. The Morgan fingerprint density at radius 3 is 2.60 bits per heavy atom. The molecule has 0 spiro atoms. The van der Waals surface area contributed by atoms with E-state index in [1.807, 2.05) is 42.5 Å². The highest BCUT2D eigenvalue weighted by Crippen LogP contribution is 2.23. The zero-order valence-corrected chi connectivity index (χ0v) is 15.2. The Balaban J connectivity index is 1.85. The number of anilines is 1. The first-order valence-corrected chi connectivity index (χ1v) is 8.52. The van der Waals surface area contributed by atoms with Crippen LogP contribution in [0.2, 0.25) is 0 Å². The van der Waals surface area contributed by atoms with Crippen LogP contribution in [0.15, 0.2) is 65.1 Å². The molecule has 126 valence electrons. The maximum absolute atomic E-state index is 12.5. The van der Waals surface area contributed by atoms with E-state index >= 15 is 0 Å². The first-order valence-electron chi connectivity index (χ1n) is 7.73. The second kappa shape index (κ2) is 7.49. The van der Waals surface area contributed by atoms with Gasteiger partial charge in [-0.3, -0.25) is 4.79 Å². The van der Waals surface area contributed by atoms with Gasteiger partial charge < -0.3 is 10.1 Å². The molecule has 0 aliphatic rings. The number of hydrogen-bond donors (Lipinski definition) is 1. The Bertz CT molecular complexity index is 947. The fourth-order valence-electron chi connectivity index (χ4n) is 2.72. The van der Waals surface area contributed by atoms with Gasteiger partial charge in [0.2, 0.25) is 5.91 Å². The molecular formula is C20H16BrNO3. The number of rotatable bonds is 4. The summed E-state index contributed by atoms with van der Waals surface area (Å²) in [5.41, 5.74) is 1.68. The summed E-state index contributed by atoms with van der Waals surface area (Å²) in [5.74, 6) is -0.689. The molecule has 0 saturated carbocycles. The Morgan fingerprint density at radius 1 is 1.04 bits per heavy atom. The maximum atomic E-state index is 12.5. The van der Waals surface area contributed by atoms with Crippen LogP contribution in [-0.4, -0.2) is 19.0 Å². The van der Waals surface area contributed by atoms with E-state index in [4.69, 9.17) is 4.74 Å². The number of fused-ring (bicyclic) bond motifs is 1. The van der Waals surface area contributed by atoms with Crippen LogP contribution in [-0.2, 0) is 16.0 Å². The highest BCUT2D eigenvalue weighted by atomic mass is 79.9. The van der Waals surface area contributed by atoms with Crippen molar-refractivity contribution >= 4 is 44.3 Å². The first kappa shape index (κ1) is 17.2. The van der Waals surface area contributed by atoms with Crippen molar-refractivity contribution in [2.45, 2.75) is 6.42 Å². The molecule has 0 bridgehead atoms. The van der Waals surface area contributed by atoms with Crippen molar-refractivity contribution in [2.75, 3.05) is 12.4 Å². The molecule has 0 aromatic heterocycles. The molecule has 0 saturated heterocycles. The van der Waals surface area contributed by atoms with E-state index in [9.17, 15) is 9.59 Å². The minimum absolute atomic E-state index is 0.191. The van der Waals surface area contributed by atoms with Gasteiger partial charge >= 0.3 is 5.97 Å². The number of nitrogens with one attached hydrogen (secondary N) is 1. The quantitative estimate of drug-likeness (QED) is 0.655. The number of hydrogen-bond acceptors (Lipinski definition) is 3. The molecule has 1 amide bonds. The van der Waals surface area contributed by atoms with E-state index in [2.05, 4.69) is 21.2 Å². The second-order valence-electron chi connectivity index (χ2n) is 5.54. The monoisotopic (exact) mass is 397 g/mol. The molecule has 0 heterocycles. The van der Waals surface area contributed by atoms with Gasteiger partial charge in [-0.15, -0.1) is 0 Å². The molecule has 0 atom stereocenters. The van der Waals surface area contributed by atoms with Gasteiger partial charge in [0, 0.05) is 4.47 Å². The molecule has 0 unspecified atom stereocenters. The molecule has 3 aromatic carbocycles. The number of carbonyl (C=O) groups is 2. The fourth-order valence-corrected chi connectivity index (χ4v) is 3.08. The Morgan fingerprint density at radius 2 is 1.80 bits per heavy atom. The third-order valence-electron chi connectivity index (χ3n) is 3.89. The zero-order valence-electron chi connectivity index (χ0n) is 13.6. The largest absolute Gasteiger partial charge is 0.465 e. The van der Waals surface area contributed by atoms with E-state index in [1.54, 1.807) is 18.2 Å². The molecule has 5 heteroatoms. The molecule has 4 nitrogen and oxygen atoms in total. The average Bonchev–Trinajstić information content (AvgIpc) is 2.63. The van der Waals surface area contributed by atoms with Crippen LogP contribution in [0.4, 0.5) is 5.69 Å². The summed E-state index contributed by atoms with van der Waals surface area (Å²) in [6, 6.07) is 18.9. The molecule has 3 rings (SSSR count).